The zero-order valence-electron chi connectivity index (χ0n) is 11.4. The number of aromatic nitrogens is 2. The van der Waals surface area contributed by atoms with Crippen molar-refractivity contribution in [2.24, 2.45) is 0 Å². The first-order valence-electron chi connectivity index (χ1n) is 6.12. The van der Waals surface area contributed by atoms with Crippen LogP contribution in [-0.4, -0.2) is 34.9 Å². The standard InChI is InChI=1S/C11H16N4O4S/c1-7(2)14-11(10(15(16)17)8(3)13-14)12-9-4-5-20(18,19)6-9/h4-5,7,9,12H,6H2,1-3H3. The van der Waals surface area contributed by atoms with E-state index >= 15 is 0 Å². The highest BCUT2D eigenvalue weighted by Gasteiger charge is 2.30. The van der Waals surface area contributed by atoms with Gasteiger partial charge in [0.15, 0.2) is 9.84 Å². The molecule has 9 heteroatoms. The van der Waals surface area contributed by atoms with Crippen molar-refractivity contribution in [1.29, 1.82) is 0 Å². The van der Waals surface area contributed by atoms with Gasteiger partial charge in [0.2, 0.25) is 5.82 Å². The van der Waals surface area contributed by atoms with Gasteiger partial charge in [-0.3, -0.25) is 10.1 Å². The Labute approximate surface area is 116 Å². The molecule has 1 aromatic rings. The summed E-state index contributed by atoms with van der Waals surface area (Å²) in [5.74, 6) is 0.140. The fourth-order valence-electron chi connectivity index (χ4n) is 2.11. The lowest BCUT2D eigenvalue weighted by molar-refractivity contribution is -0.384. The van der Waals surface area contributed by atoms with E-state index < -0.39 is 20.8 Å². The Morgan fingerprint density at radius 1 is 1.55 bits per heavy atom. The van der Waals surface area contributed by atoms with Gasteiger partial charge >= 0.3 is 5.69 Å². The second-order valence-corrected chi connectivity index (χ2v) is 6.92. The van der Waals surface area contributed by atoms with Crippen molar-refractivity contribution in [2.45, 2.75) is 32.9 Å². The van der Waals surface area contributed by atoms with Crippen LogP contribution in [0.2, 0.25) is 0 Å². The molecular formula is C11H16N4O4S. The molecule has 2 heterocycles. The Balaban J connectivity index is 2.40. The van der Waals surface area contributed by atoms with Crippen LogP contribution in [0.25, 0.3) is 0 Å². The van der Waals surface area contributed by atoms with Gasteiger partial charge in [0, 0.05) is 11.4 Å². The van der Waals surface area contributed by atoms with Gasteiger partial charge in [-0.25, -0.2) is 13.1 Å². The number of aryl methyl sites for hydroxylation is 1. The monoisotopic (exact) mass is 300 g/mol. The molecule has 0 radical (unpaired) electrons. The molecule has 20 heavy (non-hydrogen) atoms. The van der Waals surface area contributed by atoms with Crippen LogP contribution in [0.15, 0.2) is 11.5 Å². The fraction of sp³-hybridized carbons (Fsp3) is 0.545. The summed E-state index contributed by atoms with van der Waals surface area (Å²) in [6.45, 7) is 5.26. The zero-order valence-corrected chi connectivity index (χ0v) is 12.2. The number of anilines is 1. The Morgan fingerprint density at radius 2 is 2.20 bits per heavy atom. The molecular weight excluding hydrogens is 284 g/mol. The van der Waals surface area contributed by atoms with Crippen molar-refractivity contribution >= 4 is 21.3 Å². The summed E-state index contributed by atoms with van der Waals surface area (Å²) in [5.41, 5.74) is 0.187. The maximum Gasteiger partial charge on any atom is 0.333 e. The molecule has 0 bridgehead atoms. The predicted molar refractivity (Wildman–Crippen MR) is 74.3 cm³/mol. The van der Waals surface area contributed by atoms with Gasteiger partial charge in [-0.05, 0) is 26.8 Å². The van der Waals surface area contributed by atoms with Gasteiger partial charge in [-0.15, -0.1) is 0 Å². The minimum Gasteiger partial charge on any atom is -0.357 e. The topological polar surface area (TPSA) is 107 Å². The maximum atomic E-state index is 11.4. The summed E-state index contributed by atoms with van der Waals surface area (Å²) in [5, 5.41) is 19.3. The van der Waals surface area contributed by atoms with Crippen LogP contribution >= 0.6 is 0 Å². The molecule has 0 amide bonds. The van der Waals surface area contributed by atoms with E-state index in [0.29, 0.717) is 5.69 Å². The first-order chi connectivity index (χ1) is 9.21. The minimum atomic E-state index is -3.22. The first-order valence-corrected chi connectivity index (χ1v) is 7.84. The van der Waals surface area contributed by atoms with E-state index in [9.17, 15) is 18.5 Å². The van der Waals surface area contributed by atoms with E-state index in [4.69, 9.17) is 0 Å². The van der Waals surface area contributed by atoms with Gasteiger partial charge in [0.25, 0.3) is 0 Å². The Hall–Kier alpha value is -1.90. The lowest BCUT2D eigenvalue weighted by Crippen LogP contribution is -2.23. The minimum absolute atomic E-state index is 0.0770. The number of hydrogen-bond donors (Lipinski definition) is 1. The van der Waals surface area contributed by atoms with E-state index in [1.807, 2.05) is 13.8 Å². The summed E-state index contributed by atoms with van der Waals surface area (Å²) in [7, 11) is -3.22. The van der Waals surface area contributed by atoms with Crippen LogP contribution in [0.4, 0.5) is 11.5 Å². The van der Waals surface area contributed by atoms with Crippen molar-refractivity contribution in [2.75, 3.05) is 11.1 Å². The third-order valence-electron chi connectivity index (χ3n) is 2.98. The number of rotatable bonds is 4. The average molecular weight is 300 g/mol. The molecule has 0 aliphatic carbocycles. The van der Waals surface area contributed by atoms with Crippen LogP contribution in [0.1, 0.15) is 25.6 Å². The molecule has 0 spiro atoms. The third kappa shape index (κ3) is 2.67. The molecule has 0 saturated carbocycles. The molecule has 1 aliphatic rings. The van der Waals surface area contributed by atoms with Crippen LogP contribution in [0.5, 0.6) is 0 Å². The zero-order chi connectivity index (χ0) is 15.1. The average Bonchev–Trinajstić information content (AvgIpc) is 2.79. The van der Waals surface area contributed by atoms with Gasteiger partial charge < -0.3 is 5.32 Å². The molecule has 8 nitrogen and oxygen atoms in total. The van der Waals surface area contributed by atoms with Crippen LogP contribution in [0.3, 0.4) is 0 Å². The lowest BCUT2D eigenvalue weighted by Gasteiger charge is -2.15. The first kappa shape index (κ1) is 14.5. The molecule has 2 rings (SSSR count). The molecule has 0 aromatic carbocycles. The smallest absolute Gasteiger partial charge is 0.333 e. The highest BCUT2D eigenvalue weighted by Crippen LogP contribution is 2.31. The van der Waals surface area contributed by atoms with E-state index in [1.165, 1.54) is 10.8 Å². The number of nitrogens with zero attached hydrogens (tertiary/aromatic N) is 3. The van der Waals surface area contributed by atoms with Gasteiger partial charge in [-0.2, -0.15) is 5.10 Å². The molecule has 110 valence electrons. The molecule has 1 N–H and O–H groups in total. The number of sulfone groups is 1. The SMILES string of the molecule is Cc1nn(C(C)C)c(NC2C=CS(=O)(=O)C2)c1[N+](=O)[O-]. The predicted octanol–water partition coefficient (Wildman–Crippen LogP) is 1.40. The quantitative estimate of drug-likeness (QED) is 0.665. The Bertz CT molecular complexity index is 675. The van der Waals surface area contributed by atoms with E-state index in [2.05, 4.69) is 10.4 Å². The summed E-state index contributed by atoms with van der Waals surface area (Å²) in [6, 6.07) is -0.556. The van der Waals surface area contributed by atoms with Gasteiger partial charge in [0.1, 0.15) is 5.69 Å². The molecule has 0 saturated heterocycles. The number of nitro groups is 1. The second-order valence-electron chi connectivity index (χ2n) is 4.99. The highest BCUT2D eigenvalue weighted by molar-refractivity contribution is 7.94. The Morgan fingerprint density at radius 3 is 2.65 bits per heavy atom. The van der Waals surface area contributed by atoms with E-state index in [1.54, 1.807) is 6.92 Å². The summed E-state index contributed by atoms with van der Waals surface area (Å²) in [6.07, 6.45) is 1.49. The largest absolute Gasteiger partial charge is 0.357 e. The molecule has 0 fully saturated rings. The third-order valence-corrected chi connectivity index (χ3v) is 4.37. The van der Waals surface area contributed by atoms with Crippen LogP contribution in [-0.2, 0) is 9.84 Å². The van der Waals surface area contributed by atoms with E-state index in [-0.39, 0.29) is 23.3 Å². The fourth-order valence-corrected chi connectivity index (χ4v) is 3.34. The van der Waals surface area contributed by atoms with Crippen molar-refractivity contribution in [3.63, 3.8) is 0 Å². The molecule has 1 atom stereocenters. The summed E-state index contributed by atoms with van der Waals surface area (Å²) < 4.78 is 24.3. The maximum absolute atomic E-state index is 11.4. The molecule has 1 aromatic heterocycles. The molecule has 1 unspecified atom stereocenters. The summed E-state index contributed by atoms with van der Waals surface area (Å²) >= 11 is 0. The highest BCUT2D eigenvalue weighted by atomic mass is 32.2. The van der Waals surface area contributed by atoms with Crippen molar-refractivity contribution in [3.8, 4) is 0 Å². The van der Waals surface area contributed by atoms with Gasteiger partial charge in [-0.1, -0.05) is 0 Å². The summed E-state index contributed by atoms with van der Waals surface area (Å²) in [4.78, 5) is 10.7. The number of hydrogen-bond acceptors (Lipinski definition) is 6. The molecule has 1 aliphatic heterocycles. The number of nitrogens with one attached hydrogen (secondary N) is 1. The van der Waals surface area contributed by atoms with Gasteiger partial charge in [0.05, 0.1) is 16.7 Å². The second kappa shape index (κ2) is 4.89. The van der Waals surface area contributed by atoms with E-state index in [0.717, 1.165) is 5.41 Å². The van der Waals surface area contributed by atoms with Crippen molar-refractivity contribution in [1.82, 2.24) is 9.78 Å². The van der Waals surface area contributed by atoms with Crippen LogP contribution < -0.4 is 5.32 Å². The van der Waals surface area contributed by atoms with Crippen molar-refractivity contribution < 1.29 is 13.3 Å². The Kier molecular flexibility index (Phi) is 3.55. The lowest BCUT2D eigenvalue weighted by atomic mass is 10.3. The van der Waals surface area contributed by atoms with Crippen molar-refractivity contribution in [3.05, 3.63) is 27.3 Å². The van der Waals surface area contributed by atoms with Crippen LogP contribution in [0, 0.1) is 17.0 Å². The normalized spacial score (nSPS) is 20.5.